The standard InChI is InChI=1S/C24H20ClN3O2S/c1-31-19-10-7-16(8-11-19)14-26-22(29)15-28-21-12-9-18(25)13-20(21)23(27-24(28)30)17-5-3-2-4-6-17/h2-13H,14-15H2,1H3,(H,26,29). The van der Waals surface area contributed by atoms with Crippen LogP contribution < -0.4 is 11.0 Å². The molecule has 3 aromatic carbocycles. The zero-order chi connectivity index (χ0) is 21.8. The minimum atomic E-state index is -0.479. The van der Waals surface area contributed by atoms with Gasteiger partial charge in [0.15, 0.2) is 0 Å². The molecule has 7 heteroatoms. The fourth-order valence-corrected chi connectivity index (χ4v) is 3.95. The quantitative estimate of drug-likeness (QED) is 0.431. The van der Waals surface area contributed by atoms with Crippen LogP contribution in [0.3, 0.4) is 0 Å². The number of amides is 1. The smallest absolute Gasteiger partial charge is 0.349 e. The number of fused-ring (bicyclic) bond motifs is 1. The Morgan fingerprint density at radius 1 is 1.06 bits per heavy atom. The van der Waals surface area contributed by atoms with Gasteiger partial charge in [0.25, 0.3) is 0 Å². The molecule has 156 valence electrons. The molecule has 0 saturated carbocycles. The van der Waals surface area contributed by atoms with Crippen molar-refractivity contribution >= 4 is 40.2 Å². The van der Waals surface area contributed by atoms with Gasteiger partial charge >= 0.3 is 5.69 Å². The van der Waals surface area contributed by atoms with Crippen LogP contribution in [0.5, 0.6) is 0 Å². The number of nitrogens with one attached hydrogen (secondary N) is 1. The normalized spacial score (nSPS) is 10.9. The molecule has 0 aliphatic heterocycles. The molecule has 0 fully saturated rings. The lowest BCUT2D eigenvalue weighted by molar-refractivity contribution is -0.121. The van der Waals surface area contributed by atoms with Crippen molar-refractivity contribution in [2.24, 2.45) is 0 Å². The third-order valence-corrected chi connectivity index (χ3v) is 5.92. The highest BCUT2D eigenvalue weighted by atomic mass is 35.5. The summed E-state index contributed by atoms with van der Waals surface area (Å²) in [7, 11) is 0. The number of halogens is 1. The fourth-order valence-electron chi connectivity index (χ4n) is 3.36. The minimum Gasteiger partial charge on any atom is -0.350 e. The Morgan fingerprint density at radius 3 is 2.52 bits per heavy atom. The molecule has 0 radical (unpaired) electrons. The van der Waals surface area contributed by atoms with E-state index in [9.17, 15) is 9.59 Å². The lowest BCUT2D eigenvalue weighted by atomic mass is 10.1. The number of hydrogen-bond donors (Lipinski definition) is 1. The van der Waals surface area contributed by atoms with Gasteiger partial charge in [0.1, 0.15) is 6.54 Å². The summed E-state index contributed by atoms with van der Waals surface area (Å²) in [4.78, 5) is 30.9. The Balaban J connectivity index is 1.62. The van der Waals surface area contributed by atoms with Crippen LogP contribution in [-0.2, 0) is 17.9 Å². The number of carbonyl (C=O) groups excluding carboxylic acids is 1. The van der Waals surface area contributed by atoms with Gasteiger partial charge < -0.3 is 5.32 Å². The van der Waals surface area contributed by atoms with Crippen LogP contribution in [0.1, 0.15) is 5.56 Å². The molecule has 0 atom stereocenters. The topological polar surface area (TPSA) is 64.0 Å². The average Bonchev–Trinajstić information content (AvgIpc) is 2.80. The predicted octanol–water partition coefficient (Wildman–Crippen LogP) is 4.76. The Morgan fingerprint density at radius 2 is 1.81 bits per heavy atom. The van der Waals surface area contributed by atoms with Crippen LogP contribution in [0.2, 0.25) is 5.02 Å². The molecular weight excluding hydrogens is 430 g/mol. The Hall–Kier alpha value is -3.09. The maximum atomic E-state index is 12.8. The van der Waals surface area contributed by atoms with Crippen molar-refractivity contribution in [3.8, 4) is 11.3 Å². The van der Waals surface area contributed by atoms with E-state index in [4.69, 9.17) is 11.6 Å². The molecule has 31 heavy (non-hydrogen) atoms. The summed E-state index contributed by atoms with van der Waals surface area (Å²) in [5.41, 5.74) is 2.49. The summed E-state index contributed by atoms with van der Waals surface area (Å²) in [5, 5.41) is 4.13. The number of rotatable bonds is 6. The molecule has 0 bridgehead atoms. The third kappa shape index (κ3) is 4.81. The summed E-state index contributed by atoms with van der Waals surface area (Å²) in [6.45, 7) is 0.267. The molecule has 0 saturated heterocycles. The maximum Gasteiger partial charge on any atom is 0.349 e. The Labute approximate surface area is 189 Å². The first-order valence-corrected chi connectivity index (χ1v) is 11.3. The van der Waals surface area contributed by atoms with E-state index in [2.05, 4.69) is 10.3 Å². The van der Waals surface area contributed by atoms with E-state index in [1.165, 1.54) is 4.57 Å². The molecule has 1 amide bonds. The van der Waals surface area contributed by atoms with Crippen molar-refractivity contribution in [3.63, 3.8) is 0 Å². The van der Waals surface area contributed by atoms with Crippen molar-refractivity contribution < 1.29 is 4.79 Å². The molecule has 4 aromatic rings. The third-order valence-electron chi connectivity index (χ3n) is 4.94. The minimum absolute atomic E-state index is 0.123. The molecule has 0 spiro atoms. The van der Waals surface area contributed by atoms with E-state index >= 15 is 0 Å². The largest absolute Gasteiger partial charge is 0.350 e. The number of nitrogens with zero attached hydrogens (tertiary/aromatic N) is 2. The van der Waals surface area contributed by atoms with E-state index in [0.717, 1.165) is 21.4 Å². The molecule has 0 aliphatic rings. The predicted molar refractivity (Wildman–Crippen MR) is 127 cm³/mol. The summed E-state index contributed by atoms with van der Waals surface area (Å²) >= 11 is 7.88. The molecule has 0 unspecified atom stereocenters. The van der Waals surface area contributed by atoms with E-state index in [-0.39, 0.29) is 12.5 Å². The summed E-state index contributed by atoms with van der Waals surface area (Å²) in [6, 6.07) is 22.7. The first-order valence-electron chi connectivity index (χ1n) is 9.70. The second-order valence-corrected chi connectivity index (χ2v) is 8.30. The zero-order valence-corrected chi connectivity index (χ0v) is 18.4. The highest BCUT2D eigenvalue weighted by Gasteiger charge is 2.15. The second kappa shape index (κ2) is 9.37. The molecular formula is C24H20ClN3O2S. The van der Waals surface area contributed by atoms with Gasteiger partial charge in [-0.15, -0.1) is 11.8 Å². The number of hydrogen-bond acceptors (Lipinski definition) is 4. The van der Waals surface area contributed by atoms with Crippen LogP contribution >= 0.6 is 23.4 Å². The molecule has 1 aromatic heterocycles. The first kappa shape index (κ1) is 21.2. The number of carbonyl (C=O) groups is 1. The van der Waals surface area contributed by atoms with Gasteiger partial charge in [-0.2, -0.15) is 4.98 Å². The SMILES string of the molecule is CSc1ccc(CNC(=O)Cn2c(=O)nc(-c3ccccc3)c3cc(Cl)ccc32)cc1. The van der Waals surface area contributed by atoms with Crippen LogP contribution in [-0.4, -0.2) is 21.7 Å². The lowest BCUT2D eigenvalue weighted by Gasteiger charge is -2.13. The molecule has 0 aliphatic carbocycles. The second-order valence-electron chi connectivity index (χ2n) is 6.98. The van der Waals surface area contributed by atoms with Crippen LogP contribution in [0, 0.1) is 0 Å². The van der Waals surface area contributed by atoms with Crippen molar-refractivity contribution in [3.05, 3.63) is 93.9 Å². The van der Waals surface area contributed by atoms with Crippen molar-refractivity contribution in [1.82, 2.24) is 14.9 Å². The van der Waals surface area contributed by atoms with Crippen LogP contribution in [0.25, 0.3) is 22.2 Å². The van der Waals surface area contributed by atoms with Gasteiger partial charge in [-0.1, -0.05) is 54.1 Å². The van der Waals surface area contributed by atoms with E-state index in [1.807, 2.05) is 60.9 Å². The number of aromatic nitrogens is 2. The van der Waals surface area contributed by atoms with Gasteiger partial charge in [-0.3, -0.25) is 9.36 Å². The molecule has 1 N–H and O–H groups in total. The van der Waals surface area contributed by atoms with Gasteiger partial charge in [-0.05, 0) is 42.2 Å². The summed E-state index contributed by atoms with van der Waals surface area (Å²) in [5.74, 6) is -0.262. The van der Waals surface area contributed by atoms with E-state index < -0.39 is 5.69 Å². The van der Waals surface area contributed by atoms with Crippen LogP contribution in [0.15, 0.2) is 82.5 Å². The lowest BCUT2D eigenvalue weighted by Crippen LogP contribution is -2.33. The highest BCUT2D eigenvalue weighted by Crippen LogP contribution is 2.27. The van der Waals surface area contributed by atoms with Gasteiger partial charge in [0.05, 0.1) is 11.2 Å². The average molecular weight is 450 g/mol. The number of thioether (sulfide) groups is 1. The van der Waals surface area contributed by atoms with Crippen molar-refractivity contribution in [1.29, 1.82) is 0 Å². The summed E-state index contributed by atoms with van der Waals surface area (Å²) in [6.07, 6.45) is 2.02. The first-order chi connectivity index (χ1) is 15.0. The van der Waals surface area contributed by atoms with E-state index in [0.29, 0.717) is 22.8 Å². The molecule has 4 rings (SSSR count). The van der Waals surface area contributed by atoms with E-state index in [1.54, 1.807) is 30.0 Å². The van der Waals surface area contributed by atoms with Gasteiger partial charge in [0.2, 0.25) is 5.91 Å². The summed E-state index contributed by atoms with van der Waals surface area (Å²) < 4.78 is 1.38. The molecule has 5 nitrogen and oxygen atoms in total. The fraction of sp³-hybridized carbons (Fsp3) is 0.125. The van der Waals surface area contributed by atoms with Gasteiger partial charge in [0, 0.05) is 27.4 Å². The molecule has 1 heterocycles. The Kier molecular flexibility index (Phi) is 6.39. The maximum absolute atomic E-state index is 12.8. The monoisotopic (exact) mass is 449 g/mol. The van der Waals surface area contributed by atoms with Crippen LogP contribution in [0.4, 0.5) is 0 Å². The van der Waals surface area contributed by atoms with Crippen molar-refractivity contribution in [2.75, 3.05) is 6.26 Å². The highest BCUT2D eigenvalue weighted by molar-refractivity contribution is 7.98. The zero-order valence-electron chi connectivity index (χ0n) is 16.8. The van der Waals surface area contributed by atoms with Crippen molar-refractivity contribution in [2.45, 2.75) is 18.0 Å². The Bertz CT molecular complexity index is 1290. The number of benzene rings is 3. The van der Waals surface area contributed by atoms with Gasteiger partial charge in [-0.25, -0.2) is 4.79 Å².